The lowest BCUT2D eigenvalue weighted by Gasteiger charge is -2.40. The maximum atomic E-state index is 6.93. The molecule has 6 heterocycles. The molecular formula is C94H68N4O2S2. The number of hydrogen-bond acceptors (Lipinski definition) is 8. The van der Waals surface area contributed by atoms with Gasteiger partial charge in [0.1, 0.15) is 23.0 Å². The first-order chi connectivity index (χ1) is 50.2. The highest BCUT2D eigenvalue weighted by Crippen LogP contribution is 2.58. The summed E-state index contributed by atoms with van der Waals surface area (Å²) in [5.74, 6) is 3.02. The molecule has 0 N–H and O–H groups in total. The zero-order valence-corrected chi connectivity index (χ0v) is 58.4. The Labute approximate surface area is 603 Å². The number of aromatic nitrogens is 4. The molecule has 0 aliphatic carbocycles. The third-order valence-corrected chi connectivity index (χ3v) is 22.2. The Hall–Kier alpha value is -11.9. The van der Waals surface area contributed by atoms with Gasteiger partial charge in [0, 0.05) is 66.3 Å². The molecule has 8 heteroatoms. The third-order valence-electron chi connectivity index (χ3n) is 19.9. The number of rotatable bonds is 12. The first-order valence-corrected chi connectivity index (χ1v) is 36.1. The topological polar surface area (TPSA) is 70.0 Å². The molecule has 2 aliphatic rings. The Morgan fingerprint density at radius 2 is 0.696 bits per heavy atom. The largest absolute Gasteiger partial charge is 0.457 e. The quantitative estimate of drug-likeness (QED) is 0.120. The maximum absolute atomic E-state index is 6.93. The van der Waals surface area contributed by atoms with E-state index in [1.54, 1.807) is 0 Å². The molecule has 0 radical (unpaired) electrons. The van der Waals surface area contributed by atoms with Crippen molar-refractivity contribution in [3.63, 3.8) is 0 Å². The lowest BCUT2D eigenvalue weighted by Crippen LogP contribution is -2.34. The second kappa shape index (κ2) is 27.0. The van der Waals surface area contributed by atoms with Gasteiger partial charge in [0.2, 0.25) is 0 Å². The van der Waals surface area contributed by atoms with Crippen molar-refractivity contribution in [1.29, 1.82) is 0 Å². The van der Waals surface area contributed by atoms with Crippen molar-refractivity contribution in [3.8, 4) is 67.8 Å². The van der Waals surface area contributed by atoms with Crippen LogP contribution in [0.15, 0.2) is 360 Å². The SMILES string of the molecule is Cc1cccc(C)c1-c1cc(Oc2cccc(C3(c4ccccn4)c4ccccc4Sc4ccccc43)c2)cc(-c2cc3ccccc3cn2)c1.Cc1cccc(C)c1-c1cc(Oc2cccc(C3(c4ccccn4)c4ccccc4Sc4ccccc43)c2)cc(-c2nccc3ccccc23)c1. The Bertz CT molecular complexity index is 5730. The number of fused-ring (bicyclic) bond motifs is 6. The van der Waals surface area contributed by atoms with Crippen molar-refractivity contribution >= 4 is 45.1 Å². The standard InChI is InChI=1S/2C47H34N2OS/c1-31-13-11-14-32(2)45(31)34-27-35(46-39-18-4-3-15-33(39)24-26-49-46)29-38(28-34)50-37-17-12-16-36(30-37)47(44-23-9-10-25-48-44)40-19-5-7-21-42(40)51-43-22-8-6-20-41(43)47;1-31-13-11-14-32(2)46(31)36-25-35(42-28-33-15-3-4-16-34(33)30-49-42)26-39(27-36)50-38-18-12-17-37(29-38)47(45-23-9-10-24-48-45)40-19-5-7-21-43(40)51-44-22-8-6-20-41(44)47/h2*3-30H,1-2H3. The van der Waals surface area contributed by atoms with Crippen LogP contribution in [0.4, 0.5) is 0 Å². The van der Waals surface area contributed by atoms with Crippen molar-refractivity contribution in [3.05, 3.63) is 407 Å². The lowest BCUT2D eigenvalue weighted by molar-refractivity contribution is 0.481. The van der Waals surface area contributed by atoms with Crippen LogP contribution in [-0.4, -0.2) is 19.9 Å². The summed E-state index contributed by atoms with van der Waals surface area (Å²) >= 11 is 3.64. The maximum Gasteiger partial charge on any atom is 0.128 e. The van der Waals surface area contributed by atoms with Gasteiger partial charge in [0.15, 0.2) is 0 Å². The van der Waals surface area contributed by atoms with Gasteiger partial charge in [-0.1, -0.05) is 218 Å². The predicted molar refractivity (Wildman–Crippen MR) is 418 cm³/mol. The minimum absolute atomic E-state index is 0.640. The monoisotopic (exact) mass is 1350 g/mol. The second-order valence-electron chi connectivity index (χ2n) is 26.2. The fourth-order valence-electron chi connectivity index (χ4n) is 15.5. The first-order valence-electron chi connectivity index (χ1n) is 34.4. The summed E-state index contributed by atoms with van der Waals surface area (Å²) < 4.78 is 13.8. The average Bonchev–Trinajstić information content (AvgIpc) is 0.714. The highest BCUT2D eigenvalue weighted by Gasteiger charge is 2.47. The number of benzene rings is 12. The highest BCUT2D eigenvalue weighted by molar-refractivity contribution is 7.99. The second-order valence-corrected chi connectivity index (χ2v) is 28.4. The van der Waals surface area contributed by atoms with Crippen LogP contribution >= 0.6 is 23.5 Å². The molecule has 6 nitrogen and oxygen atoms in total. The Morgan fingerprint density at radius 1 is 0.284 bits per heavy atom. The smallest absolute Gasteiger partial charge is 0.128 e. The molecule has 16 aromatic rings. The number of hydrogen-bond donors (Lipinski definition) is 0. The number of ether oxygens (including phenoxy) is 2. The zero-order valence-electron chi connectivity index (χ0n) is 56.8. The molecule has 488 valence electrons. The van der Waals surface area contributed by atoms with Gasteiger partial charge in [-0.2, -0.15) is 0 Å². The predicted octanol–water partition coefficient (Wildman–Crippen LogP) is 24.4. The summed E-state index contributed by atoms with van der Waals surface area (Å²) in [4.78, 5) is 24.8. The van der Waals surface area contributed by atoms with Crippen molar-refractivity contribution in [2.24, 2.45) is 0 Å². The van der Waals surface area contributed by atoms with E-state index in [4.69, 9.17) is 29.4 Å². The van der Waals surface area contributed by atoms with E-state index in [-0.39, 0.29) is 0 Å². The van der Waals surface area contributed by atoms with Gasteiger partial charge >= 0.3 is 0 Å². The van der Waals surface area contributed by atoms with Crippen molar-refractivity contribution in [1.82, 2.24) is 19.9 Å². The Balaban J connectivity index is 0.000000152. The number of pyridine rings is 4. The average molecular weight is 1350 g/mol. The van der Waals surface area contributed by atoms with Gasteiger partial charge in [-0.05, 0) is 238 Å². The van der Waals surface area contributed by atoms with E-state index in [0.29, 0.717) is 0 Å². The number of aryl methyl sites for hydroxylation is 4. The van der Waals surface area contributed by atoms with Crippen molar-refractivity contribution < 1.29 is 9.47 Å². The third kappa shape index (κ3) is 11.5. The van der Waals surface area contributed by atoms with Crippen LogP contribution in [0.5, 0.6) is 23.0 Å². The van der Waals surface area contributed by atoms with Crippen molar-refractivity contribution in [2.75, 3.05) is 0 Å². The lowest BCUT2D eigenvalue weighted by atomic mass is 9.66. The van der Waals surface area contributed by atoms with E-state index in [2.05, 4.69) is 313 Å². The molecule has 12 aromatic carbocycles. The molecule has 0 spiro atoms. The summed E-state index contributed by atoms with van der Waals surface area (Å²) in [6.45, 7) is 8.68. The van der Waals surface area contributed by atoms with Gasteiger partial charge in [-0.3, -0.25) is 19.9 Å². The van der Waals surface area contributed by atoms with E-state index < -0.39 is 10.8 Å². The Kier molecular flexibility index (Phi) is 16.8. The van der Waals surface area contributed by atoms with Gasteiger partial charge in [-0.15, -0.1) is 0 Å². The normalized spacial score (nSPS) is 13.0. The van der Waals surface area contributed by atoms with E-state index in [0.717, 1.165) is 101 Å². The summed E-state index contributed by atoms with van der Waals surface area (Å²) in [5.41, 5.74) is 21.1. The van der Waals surface area contributed by atoms with Crippen molar-refractivity contribution in [2.45, 2.75) is 58.1 Å². The molecule has 102 heavy (non-hydrogen) atoms. The van der Waals surface area contributed by atoms with Crippen LogP contribution in [0.2, 0.25) is 0 Å². The van der Waals surface area contributed by atoms with Gasteiger partial charge in [0.25, 0.3) is 0 Å². The van der Waals surface area contributed by atoms with Crippen LogP contribution in [0, 0.1) is 27.7 Å². The summed E-state index contributed by atoms with van der Waals surface area (Å²) in [7, 11) is 0. The molecule has 0 fully saturated rings. The Morgan fingerprint density at radius 3 is 1.19 bits per heavy atom. The van der Waals surface area contributed by atoms with Crippen LogP contribution in [-0.2, 0) is 10.8 Å². The molecule has 0 saturated carbocycles. The first kappa shape index (κ1) is 63.5. The molecular weight excluding hydrogens is 1280 g/mol. The molecule has 2 aliphatic heterocycles. The fraction of sp³-hybridized carbons (Fsp3) is 0.0638. The van der Waals surface area contributed by atoms with E-state index >= 15 is 0 Å². The summed E-state index contributed by atoms with van der Waals surface area (Å²) in [6.07, 6.45) is 7.64. The fourth-order valence-corrected chi connectivity index (χ4v) is 17.9. The van der Waals surface area contributed by atoms with Gasteiger partial charge in [-0.25, -0.2) is 0 Å². The van der Waals surface area contributed by atoms with Crippen LogP contribution in [0.1, 0.15) is 67.0 Å². The zero-order chi connectivity index (χ0) is 68.7. The minimum atomic E-state index is -0.642. The molecule has 0 unspecified atom stereocenters. The minimum Gasteiger partial charge on any atom is -0.457 e. The van der Waals surface area contributed by atoms with Gasteiger partial charge in [0.05, 0.1) is 33.6 Å². The number of nitrogens with zero attached hydrogens (tertiary/aromatic N) is 4. The van der Waals surface area contributed by atoms with E-state index in [1.165, 1.54) is 75.2 Å². The molecule has 0 bridgehead atoms. The molecule has 4 aromatic heterocycles. The van der Waals surface area contributed by atoms with Crippen LogP contribution in [0.25, 0.3) is 66.3 Å². The van der Waals surface area contributed by atoms with Crippen LogP contribution < -0.4 is 9.47 Å². The summed E-state index contributed by atoms with van der Waals surface area (Å²) in [5, 5.41) is 4.53. The van der Waals surface area contributed by atoms with Gasteiger partial charge < -0.3 is 9.47 Å². The summed E-state index contributed by atoms with van der Waals surface area (Å²) in [6, 6.07) is 111. The molecule has 18 rings (SSSR count). The van der Waals surface area contributed by atoms with E-state index in [9.17, 15) is 0 Å². The molecule has 0 atom stereocenters. The molecule has 0 amide bonds. The molecule has 0 saturated heterocycles. The van der Waals surface area contributed by atoms with Crippen LogP contribution in [0.3, 0.4) is 0 Å². The highest BCUT2D eigenvalue weighted by atomic mass is 32.2. The van der Waals surface area contributed by atoms with E-state index in [1.807, 2.05) is 78.6 Å².